The first kappa shape index (κ1) is 14.0. The molecular formula is C15H17N3O2. The third-order valence-electron chi connectivity index (χ3n) is 2.65. The first-order valence-corrected chi connectivity index (χ1v) is 6.32. The van der Waals surface area contributed by atoms with Gasteiger partial charge in [0, 0.05) is 13.0 Å². The molecule has 3 N–H and O–H groups in total. The van der Waals surface area contributed by atoms with E-state index in [0.29, 0.717) is 17.2 Å². The standard InChI is InChI=1S/C15H17N3O2/c1-10(16)13-8-7-12(9-17-13)20-15-6-4-3-5-14(15)18-11(2)19/h3-10H,16H2,1-2H3,(H,18,19). The van der Waals surface area contributed by atoms with Gasteiger partial charge < -0.3 is 15.8 Å². The Labute approximate surface area is 117 Å². The summed E-state index contributed by atoms with van der Waals surface area (Å²) in [6.07, 6.45) is 1.61. The van der Waals surface area contributed by atoms with Gasteiger partial charge in [-0.3, -0.25) is 9.78 Å². The van der Waals surface area contributed by atoms with Gasteiger partial charge in [0.1, 0.15) is 5.75 Å². The van der Waals surface area contributed by atoms with Crippen molar-refractivity contribution in [3.8, 4) is 11.5 Å². The van der Waals surface area contributed by atoms with Crippen molar-refractivity contribution in [1.82, 2.24) is 4.98 Å². The van der Waals surface area contributed by atoms with E-state index in [4.69, 9.17) is 10.5 Å². The van der Waals surface area contributed by atoms with Gasteiger partial charge in [-0.05, 0) is 31.2 Å². The minimum atomic E-state index is -0.147. The smallest absolute Gasteiger partial charge is 0.221 e. The van der Waals surface area contributed by atoms with Gasteiger partial charge in [0.15, 0.2) is 5.75 Å². The van der Waals surface area contributed by atoms with Crippen LogP contribution in [0.5, 0.6) is 11.5 Å². The second-order valence-corrected chi connectivity index (χ2v) is 4.49. The summed E-state index contributed by atoms with van der Waals surface area (Å²) in [6, 6.07) is 10.7. The highest BCUT2D eigenvalue weighted by molar-refractivity contribution is 5.90. The van der Waals surface area contributed by atoms with Gasteiger partial charge in [0.25, 0.3) is 0 Å². The van der Waals surface area contributed by atoms with Gasteiger partial charge in [-0.1, -0.05) is 12.1 Å². The summed E-state index contributed by atoms with van der Waals surface area (Å²) in [7, 11) is 0. The van der Waals surface area contributed by atoms with E-state index in [1.54, 1.807) is 24.4 Å². The van der Waals surface area contributed by atoms with Crippen LogP contribution in [0, 0.1) is 0 Å². The molecule has 1 aromatic carbocycles. The molecule has 104 valence electrons. The lowest BCUT2D eigenvalue weighted by molar-refractivity contribution is -0.114. The molecule has 0 aliphatic carbocycles. The first-order valence-electron chi connectivity index (χ1n) is 6.32. The number of aromatic nitrogens is 1. The molecule has 2 aromatic rings. The van der Waals surface area contributed by atoms with Crippen LogP contribution in [-0.2, 0) is 4.79 Å². The van der Waals surface area contributed by atoms with Gasteiger partial charge in [-0.15, -0.1) is 0 Å². The lowest BCUT2D eigenvalue weighted by Gasteiger charge is -2.11. The highest BCUT2D eigenvalue weighted by Crippen LogP contribution is 2.29. The number of nitrogens with zero attached hydrogens (tertiary/aromatic N) is 1. The second kappa shape index (κ2) is 6.16. The Morgan fingerprint density at radius 1 is 1.30 bits per heavy atom. The number of hydrogen-bond acceptors (Lipinski definition) is 4. The van der Waals surface area contributed by atoms with Crippen LogP contribution >= 0.6 is 0 Å². The monoisotopic (exact) mass is 271 g/mol. The van der Waals surface area contributed by atoms with E-state index >= 15 is 0 Å². The second-order valence-electron chi connectivity index (χ2n) is 4.49. The van der Waals surface area contributed by atoms with Crippen LogP contribution in [0.4, 0.5) is 5.69 Å². The Hall–Kier alpha value is -2.40. The average molecular weight is 271 g/mol. The summed E-state index contributed by atoms with van der Waals surface area (Å²) in [5.41, 5.74) is 7.16. The predicted molar refractivity (Wildman–Crippen MR) is 77.7 cm³/mol. The summed E-state index contributed by atoms with van der Waals surface area (Å²) in [5, 5.41) is 2.72. The molecule has 0 spiro atoms. The molecule has 2 rings (SSSR count). The van der Waals surface area contributed by atoms with Gasteiger partial charge in [0.05, 0.1) is 17.6 Å². The first-order chi connectivity index (χ1) is 9.56. The maximum atomic E-state index is 11.1. The van der Waals surface area contributed by atoms with Crippen molar-refractivity contribution < 1.29 is 9.53 Å². The maximum Gasteiger partial charge on any atom is 0.221 e. The molecule has 0 radical (unpaired) electrons. The van der Waals surface area contributed by atoms with Crippen molar-refractivity contribution in [2.24, 2.45) is 5.73 Å². The van der Waals surface area contributed by atoms with Crippen molar-refractivity contribution >= 4 is 11.6 Å². The topological polar surface area (TPSA) is 77.2 Å². The molecule has 0 saturated heterocycles. The van der Waals surface area contributed by atoms with Crippen LogP contribution in [0.2, 0.25) is 0 Å². The van der Waals surface area contributed by atoms with E-state index in [9.17, 15) is 4.79 Å². The number of benzene rings is 1. The molecule has 1 aromatic heterocycles. The minimum Gasteiger partial charge on any atom is -0.454 e. The molecule has 1 heterocycles. The summed E-state index contributed by atoms with van der Waals surface area (Å²) in [5.74, 6) is 1.01. The Bertz CT molecular complexity index is 594. The highest BCUT2D eigenvalue weighted by Gasteiger charge is 2.07. The third kappa shape index (κ3) is 3.55. The Balaban J connectivity index is 2.19. The van der Waals surface area contributed by atoms with Crippen molar-refractivity contribution in [1.29, 1.82) is 0 Å². The summed E-state index contributed by atoms with van der Waals surface area (Å²) in [6.45, 7) is 3.32. The summed E-state index contributed by atoms with van der Waals surface area (Å²) < 4.78 is 5.73. The lowest BCUT2D eigenvalue weighted by Crippen LogP contribution is -2.07. The normalized spacial score (nSPS) is 11.8. The number of hydrogen-bond donors (Lipinski definition) is 2. The maximum absolute atomic E-state index is 11.1. The van der Waals surface area contributed by atoms with E-state index in [2.05, 4.69) is 10.3 Å². The zero-order chi connectivity index (χ0) is 14.5. The number of carbonyl (C=O) groups is 1. The van der Waals surface area contributed by atoms with E-state index in [1.165, 1.54) is 6.92 Å². The molecule has 1 atom stereocenters. The van der Waals surface area contributed by atoms with Crippen molar-refractivity contribution in [2.45, 2.75) is 19.9 Å². The third-order valence-corrected chi connectivity index (χ3v) is 2.65. The van der Waals surface area contributed by atoms with Crippen molar-refractivity contribution in [3.05, 3.63) is 48.3 Å². The van der Waals surface area contributed by atoms with E-state index in [-0.39, 0.29) is 11.9 Å². The fourth-order valence-electron chi connectivity index (χ4n) is 1.70. The molecule has 0 aliphatic heterocycles. The Kier molecular flexibility index (Phi) is 4.32. The molecule has 1 amide bonds. The fraction of sp³-hybridized carbons (Fsp3) is 0.200. The minimum absolute atomic E-state index is 0.115. The summed E-state index contributed by atoms with van der Waals surface area (Å²) in [4.78, 5) is 15.4. The number of para-hydroxylation sites is 2. The van der Waals surface area contributed by atoms with Crippen LogP contribution in [0.3, 0.4) is 0 Å². The number of nitrogens with two attached hydrogens (primary N) is 1. The molecule has 5 nitrogen and oxygen atoms in total. The van der Waals surface area contributed by atoms with Crippen LogP contribution < -0.4 is 15.8 Å². The predicted octanol–water partition coefficient (Wildman–Crippen LogP) is 2.85. The molecule has 0 bridgehead atoms. The van der Waals surface area contributed by atoms with Crippen LogP contribution in [-0.4, -0.2) is 10.9 Å². The number of ether oxygens (including phenoxy) is 1. The Morgan fingerprint density at radius 2 is 2.05 bits per heavy atom. The molecule has 5 heteroatoms. The van der Waals surface area contributed by atoms with Crippen molar-refractivity contribution in [2.75, 3.05) is 5.32 Å². The fourth-order valence-corrected chi connectivity index (χ4v) is 1.70. The van der Waals surface area contributed by atoms with Gasteiger partial charge in [0.2, 0.25) is 5.91 Å². The number of rotatable bonds is 4. The highest BCUT2D eigenvalue weighted by atomic mass is 16.5. The molecule has 0 saturated carbocycles. The number of carbonyl (C=O) groups excluding carboxylic acids is 1. The van der Waals surface area contributed by atoms with Crippen molar-refractivity contribution in [3.63, 3.8) is 0 Å². The van der Waals surface area contributed by atoms with Crippen LogP contribution in [0.1, 0.15) is 25.6 Å². The number of amides is 1. The van der Waals surface area contributed by atoms with Gasteiger partial charge in [-0.2, -0.15) is 0 Å². The molecule has 1 unspecified atom stereocenters. The zero-order valence-electron chi connectivity index (χ0n) is 11.5. The molecular weight excluding hydrogens is 254 g/mol. The van der Waals surface area contributed by atoms with Gasteiger partial charge >= 0.3 is 0 Å². The Morgan fingerprint density at radius 3 is 2.65 bits per heavy atom. The average Bonchev–Trinajstić information content (AvgIpc) is 2.41. The van der Waals surface area contributed by atoms with E-state index in [1.807, 2.05) is 25.1 Å². The number of pyridine rings is 1. The van der Waals surface area contributed by atoms with Crippen LogP contribution in [0.15, 0.2) is 42.6 Å². The SMILES string of the molecule is CC(=O)Nc1ccccc1Oc1ccc(C(C)N)nc1. The lowest BCUT2D eigenvalue weighted by atomic mass is 10.2. The van der Waals surface area contributed by atoms with Crippen LogP contribution in [0.25, 0.3) is 0 Å². The van der Waals surface area contributed by atoms with E-state index < -0.39 is 0 Å². The summed E-state index contributed by atoms with van der Waals surface area (Å²) >= 11 is 0. The molecule has 0 fully saturated rings. The number of nitrogens with one attached hydrogen (secondary N) is 1. The van der Waals surface area contributed by atoms with E-state index in [0.717, 1.165) is 5.69 Å². The number of anilines is 1. The largest absolute Gasteiger partial charge is 0.454 e. The zero-order valence-corrected chi connectivity index (χ0v) is 11.5. The molecule has 20 heavy (non-hydrogen) atoms. The van der Waals surface area contributed by atoms with Gasteiger partial charge in [-0.25, -0.2) is 0 Å². The quantitative estimate of drug-likeness (QED) is 0.896. The molecule has 0 aliphatic rings.